The lowest BCUT2D eigenvalue weighted by molar-refractivity contribution is -0.133. The largest absolute Gasteiger partial charge is 0.481 e. The molecule has 1 aromatic rings. The first-order valence-corrected chi connectivity index (χ1v) is 8.75. The van der Waals surface area contributed by atoms with E-state index in [2.05, 4.69) is 15.9 Å². The van der Waals surface area contributed by atoms with Crippen molar-refractivity contribution in [2.75, 3.05) is 18.1 Å². The molecule has 1 amide bonds. The standard InChI is InChI=1S/C15H20BrNO3S/c1-3-8-17(14(18)9-21-10-15(19)20)11(2)12-6-4-5-7-13(12)16/h4-7,11H,3,8-10H2,1-2H3,(H,19,20). The van der Waals surface area contributed by atoms with Crippen molar-refractivity contribution in [1.29, 1.82) is 0 Å². The quantitative estimate of drug-likeness (QED) is 0.756. The van der Waals surface area contributed by atoms with Crippen LogP contribution in [0.25, 0.3) is 0 Å². The smallest absolute Gasteiger partial charge is 0.313 e. The third-order valence-corrected chi connectivity index (χ3v) is 4.68. The van der Waals surface area contributed by atoms with Gasteiger partial charge in [-0.2, -0.15) is 0 Å². The molecule has 0 fully saturated rings. The molecule has 0 aliphatic rings. The number of aliphatic carboxylic acids is 1. The Bertz CT molecular complexity index is 496. The van der Waals surface area contributed by atoms with Crippen molar-refractivity contribution in [2.24, 2.45) is 0 Å². The number of carboxylic acids is 1. The molecule has 0 aliphatic heterocycles. The number of carbonyl (C=O) groups is 2. The van der Waals surface area contributed by atoms with Crippen LogP contribution in [0.3, 0.4) is 0 Å². The van der Waals surface area contributed by atoms with Crippen LogP contribution >= 0.6 is 27.7 Å². The zero-order chi connectivity index (χ0) is 15.8. The van der Waals surface area contributed by atoms with Crippen LogP contribution in [0.15, 0.2) is 28.7 Å². The Labute approximate surface area is 138 Å². The number of hydrogen-bond donors (Lipinski definition) is 1. The molecule has 0 bridgehead atoms. The summed E-state index contributed by atoms with van der Waals surface area (Å²) in [6.07, 6.45) is 0.865. The first-order valence-electron chi connectivity index (χ1n) is 6.80. The van der Waals surface area contributed by atoms with Gasteiger partial charge in [0.2, 0.25) is 5.91 Å². The molecule has 0 heterocycles. The molecule has 0 aromatic heterocycles. The Morgan fingerprint density at radius 1 is 1.33 bits per heavy atom. The van der Waals surface area contributed by atoms with E-state index in [0.29, 0.717) is 6.54 Å². The highest BCUT2D eigenvalue weighted by Gasteiger charge is 2.22. The monoisotopic (exact) mass is 373 g/mol. The number of benzene rings is 1. The summed E-state index contributed by atoms with van der Waals surface area (Å²) in [5.41, 5.74) is 1.06. The molecule has 1 unspecified atom stereocenters. The second-order valence-electron chi connectivity index (χ2n) is 4.67. The van der Waals surface area contributed by atoms with Crippen LogP contribution in [0.1, 0.15) is 31.9 Å². The predicted octanol–water partition coefficient (Wildman–Crippen LogP) is 3.57. The van der Waals surface area contributed by atoms with Gasteiger partial charge in [-0.15, -0.1) is 11.8 Å². The summed E-state index contributed by atoms with van der Waals surface area (Å²) in [6, 6.07) is 7.80. The highest BCUT2D eigenvalue weighted by molar-refractivity contribution is 9.10. The summed E-state index contributed by atoms with van der Waals surface area (Å²) < 4.78 is 0.976. The SMILES string of the molecule is CCCN(C(=O)CSCC(=O)O)C(C)c1ccccc1Br. The topological polar surface area (TPSA) is 57.6 Å². The van der Waals surface area contributed by atoms with E-state index in [1.165, 1.54) is 0 Å². The molecule has 4 nitrogen and oxygen atoms in total. The molecule has 0 radical (unpaired) electrons. The number of nitrogens with zero attached hydrogens (tertiary/aromatic N) is 1. The van der Waals surface area contributed by atoms with E-state index in [9.17, 15) is 9.59 Å². The van der Waals surface area contributed by atoms with Crippen molar-refractivity contribution in [3.8, 4) is 0 Å². The van der Waals surface area contributed by atoms with Crippen molar-refractivity contribution >= 4 is 39.6 Å². The van der Waals surface area contributed by atoms with E-state index in [-0.39, 0.29) is 23.5 Å². The van der Waals surface area contributed by atoms with Crippen molar-refractivity contribution in [1.82, 2.24) is 4.90 Å². The molecule has 1 atom stereocenters. The Morgan fingerprint density at radius 2 is 2.00 bits per heavy atom. The lowest BCUT2D eigenvalue weighted by atomic mass is 10.1. The second kappa shape index (κ2) is 9.10. The van der Waals surface area contributed by atoms with Gasteiger partial charge in [0.25, 0.3) is 0 Å². The molecule has 0 spiro atoms. The molecule has 1 aromatic carbocycles. The molecule has 6 heteroatoms. The number of halogens is 1. The van der Waals surface area contributed by atoms with E-state index < -0.39 is 5.97 Å². The third kappa shape index (κ3) is 5.71. The van der Waals surface area contributed by atoms with Gasteiger partial charge in [0.1, 0.15) is 0 Å². The lowest BCUT2D eigenvalue weighted by Crippen LogP contribution is -2.35. The Kier molecular flexibility index (Phi) is 7.82. The molecule has 1 N–H and O–H groups in total. The lowest BCUT2D eigenvalue weighted by Gasteiger charge is -2.30. The fourth-order valence-electron chi connectivity index (χ4n) is 2.07. The molecule has 0 aliphatic carbocycles. The molecular weight excluding hydrogens is 354 g/mol. The summed E-state index contributed by atoms with van der Waals surface area (Å²) in [5.74, 6) is -0.768. The van der Waals surface area contributed by atoms with E-state index >= 15 is 0 Å². The van der Waals surface area contributed by atoms with Crippen LogP contribution < -0.4 is 0 Å². The average molecular weight is 374 g/mol. The fraction of sp³-hybridized carbons (Fsp3) is 0.467. The molecule has 0 saturated carbocycles. The van der Waals surface area contributed by atoms with Gasteiger partial charge < -0.3 is 10.0 Å². The van der Waals surface area contributed by atoms with Gasteiger partial charge in [-0.3, -0.25) is 9.59 Å². The van der Waals surface area contributed by atoms with Gasteiger partial charge in [-0.1, -0.05) is 41.1 Å². The molecule has 21 heavy (non-hydrogen) atoms. The van der Waals surface area contributed by atoms with Crippen molar-refractivity contribution < 1.29 is 14.7 Å². The number of thioether (sulfide) groups is 1. The Hall–Kier alpha value is -1.01. The van der Waals surface area contributed by atoms with Crippen LogP contribution in [-0.4, -0.2) is 39.9 Å². The summed E-state index contributed by atoms with van der Waals surface area (Å²) in [7, 11) is 0. The molecule has 116 valence electrons. The number of carboxylic acid groups (broad SMARTS) is 1. The predicted molar refractivity (Wildman–Crippen MR) is 89.5 cm³/mol. The van der Waals surface area contributed by atoms with Crippen molar-refractivity contribution in [3.05, 3.63) is 34.3 Å². The number of carbonyl (C=O) groups excluding carboxylic acids is 1. The minimum atomic E-state index is -0.895. The highest BCUT2D eigenvalue weighted by Crippen LogP contribution is 2.28. The second-order valence-corrected chi connectivity index (χ2v) is 6.51. The summed E-state index contributed by atoms with van der Waals surface area (Å²) in [4.78, 5) is 24.7. The van der Waals surface area contributed by atoms with E-state index in [0.717, 1.165) is 28.2 Å². The summed E-state index contributed by atoms with van der Waals surface area (Å²) >= 11 is 4.65. The maximum Gasteiger partial charge on any atom is 0.313 e. The first-order chi connectivity index (χ1) is 9.97. The normalized spacial score (nSPS) is 12.0. The number of amides is 1. The first kappa shape index (κ1) is 18.0. The van der Waals surface area contributed by atoms with Crippen LogP contribution in [0, 0.1) is 0 Å². The van der Waals surface area contributed by atoms with Gasteiger partial charge in [0, 0.05) is 11.0 Å². The van der Waals surface area contributed by atoms with E-state index in [1.807, 2.05) is 43.0 Å². The van der Waals surface area contributed by atoms with Gasteiger partial charge >= 0.3 is 5.97 Å². The minimum absolute atomic E-state index is 0.0219. The Balaban J connectivity index is 2.78. The number of rotatable bonds is 8. The van der Waals surface area contributed by atoms with E-state index in [4.69, 9.17) is 5.11 Å². The van der Waals surface area contributed by atoms with Gasteiger partial charge in [0.15, 0.2) is 0 Å². The maximum absolute atomic E-state index is 12.3. The molecule has 0 saturated heterocycles. The van der Waals surface area contributed by atoms with Crippen LogP contribution in [0.4, 0.5) is 0 Å². The maximum atomic E-state index is 12.3. The zero-order valence-corrected chi connectivity index (χ0v) is 14.6. The van der Waals surface area contributed by atoms with Gasteiger partial charge in [0.05, 0.1) is 17.5 Å². The van der Waals surface area contributed by atoms with Gasteiger partial charge in [-0.25, -0.2) is 0 Å². The minimum Gasteiger partial charge on any atom is -0.481 e. The zero-order valence-electron chi connectivity index (χ0n) is 12.2. The van der Waals surface area contributed by atoms with E-state index in [1.54, 1.807) is 0 Å². The molecule has 1 rings (SSSR count). The van der Waals surface area contributed by atoms with Crippen molar-refractivity contribution in [2.45, 2.75) is 26.3 Å². The fourth-order valence-corrected chi connectivity index (χ4v) is 3.30. The van der Waals surface area contributed by atoms with Crippen molar-refractivity contribution in [3.63, 3.8) is 0 Å². The van der Waals surface area contributed by atoms with Crippen LogP contribution in [-0.2, 0) is 9.59 Å². The highest BCUT2D eigenvalue weighted by atomic mass is 79.9. The van der Waals surface area contributed by atoms with Crippen LogP contribution in [0.5, 0.6) is 0 Å². The number of hydrogen-bond acceptors (Lipinski definition) is 3. The molecular formula is C15H20BrNO3S. The summed E-state index contributed by atoms with van der Waals surface area (Å²) in [6.45, 7) is 4.68. The van der Waals surface area contributed by atoms with Gasteiger partial charge in [-0.05, 0) is 25.0 Å². The third-order valence-electron chi connectivity index (χ3n) is 3.06. The average Bonchev–Trinajstić information content (AvgIpc) is 2.44. The summed E-state index contributed by atoms with van der Waals surface area (Å²) in [5, 5.41) is 8.64. The Morgan fingerprint density at radius 3 is 2.57 bits per heavy atom. The van der Waals surface area contributed by atoms with Crippen LogP contribution in [0.2, 0.25) is 0 Å².